The lowest BCUT2D eigenvalue weighted by Gasteiger charge is -2.23. The maximum atomic E-state index is 4.18. The van der Waals surface area contributed by atoms with Gasteiger partial charge in [-0.15, -0.1) is 0 Å². The van der Waals surface area contributed by atoms with E-state index in [4.69, 9.17) is 0 Å². The van der Waals surface area contributed by atoms with Crippen LogP contribution in [0.5, 0.6) is 0 Å². The summed E-state index contributed by atoms with van der Waals surface area (Å²) < 4.78 is 0. The maximum Gasteiger partial charge on any atom is 0.102 e. The van der Waals surface area contributed by atoms with E-state index in [1.165, 1.54) is 5.39 Å². The molecule has 98 valence electrons. The Morgan fingerprint density at radius 3 is 2.47 bits per heavy atom. The summed E-state index contributed by atoms with van der Waals surface area (Å²) in [6.45, 7) is 5.80. The summed E-state index contributed by atoms with van der Waals surface area (Å²) >= 11 is 0. The quantitative estimate of drug-likeness (QED) is 0.776. The van der Waals surface area contributed by atoms with Crippen molar-refractivity contribution in [3.8, 4) is 0 Å². The molecule has 1 aromatic heterocycles. The molecule has 1 aliphatic heterocycles. The van der Waals surface area contributed by atoms with E-state index >= 15 is 0 Å². The molecule has 3 nitrogen and oxygen atoms in total. The van der Waals surface area contributed by atoms with Gasteiger partial charge in [0.1, 0.15) is 6.17 Å². The molecule has 0 spiro atoms. The molecule has 3 rings (SSSR count). The molecule has 0 amide bonds. The van der Waals surface area contributed by atoms with Crippen molar-refractivity contribution in [1.82, 2.24) is 14.8 Å². The van der Waals surface area contributed by atoms with Crippen molar-refractivity contribution >= 4 is 10.9 Å². The Hall–Kier alpha value is -2.29. The van der Waals surface area contributed by atoms with Crippen LogP contribution in [0.4, 0.5) is 0 Å². The minimum absolute atomic E-state index is 0.433. The van der Waals surface area contributed by atoms with Crippen molar-refractivity contribution in [2.45, 2.75) is 13.1 Å². The fraction of sp³-hybridized carbons (Fsp3) is 0.188. The number of fused-ring (bicyclic) bond motifs is 1. The Labute approximate surface area is 114 Å². The molecule has 2 aromatic rings. The predicted octanol–water partition coefficient (Wildman–Crippen LogP) is 3.43. The van der Waals surface area contributed by atoms with Crippen LogP contribution in [-0.4, -0.2) is 28.0 Å². The van der Waals surface area contributed by atoms with Gasteiger partial charge in [-0.05, 0) is 25.3 Å². The molecule has 0 N–H and O–H groups in total. The fourth-order valence-electron chi connectivity index (χ4n) is 1.87. The number of para-hydroxylation sites is 1. The number of hydrogen-bond donors (Lipinski definition) is 0. The Bertz CT molecular complexity index is 511. The Morgan fingerprint density at radius 2 is 1.89 bits per heavy atom. The monoisotopic (exact) mass is 253 g/mol. The van der Waals surface area contributed by atoms with Gasteiger partial charge in [0, 0.05) is 31.0 Å². The Morgan fingerprint density at radius 1 is 1.16 bits per heavy atom. The van der Waals surface area contributed by atoms with E-state index in [0.717, 1.165) is 5.52 Å². The molecule has 1 aromatic carbocycles. The minimum atomic E-state index is 0.433. The first kappa shape index (κ1) is 13.1. The third kappa shape index (κ3) is 3.13. The van der Waals surface area contributed by atoms with Gasteiger partial charge in [0.05, 0.1) is 5.52 Å². The van der Waals surface area contributed by atoms with Crippen LogP contribution in [-0.2, 0) is 0 Å². The predicted molar refractivity (Wildman–Crippen MR) is 80.1 cm³/mol. The first-order chi connectivity index (χ1) is 9.22. The zero-order valence-electron chi connectivity index (χ0n) is 11.4. The zero-order valence-corrected chi connectivity index (χ0v) is 11.4. The van der Waals surface area contributed by atoms with E-state index < -0.39 is 0 Å². The van der Waals surface area contributed by atoms with Crippen LogP contribution in [0.3, 0.4) is 0 Å². The van der Waals surface area contributed by atoms with Crippen molar-refractivity contribution in [1.29, 1.82) is 0 Å². The molecule has 3 heteroatoms. The Balaban J connectivity index is 0.000000141. The lowest BCUT2D eigenvalue weighted by Crippen LogP contribution is -2.29. The highest BCUT2D eigenvalue weighted by Gasteiger charge is 2.14. The number of pyridine rings is 1. The average Bonchev–Trinajstić information content (AvgIpc) is 2.79. The third-order valence-corrected chi connectivity index (χ3v) is 3.22. The van der Waals surface area contributed by atoms with Gasteiger partial charge in [-0.25, -0.2) is 0 Å². The second-order valence-corrected chi connectivity index (χ2v) is 4.42. The standard InChI is InChI=1S/C9H7N.C7H12N2/c1-2-6-9-8(4-1)5-3-7-10-9;1-4-9-6-5-8(3)7(9)2/h1-7H;4-7H,1H2,2-3H3. The summed E-state index contributed by atoms with van der Waals surface area (Å²) in [5, 5.41) is 1.20. The molecule has 1 unspecified atom stereocenters. The number of rotatable bonds is 1. The van der Waals surface area contributed by atoms with Gasteiger partial charge in [0.2, 0.25) is 0 Å². The molecular weight excluding hydrogens is 234 g/mol. The van der Waals surface area contributed by atoms with Crippen LogP contribution in [0.1, 0.15) is 6.92 Å². The molecule has 0 fully saturated rings. The van der Waals surface area contributed by atoms with Crippen molar-refractivity contribution in [2.75, 3.05) is 7.05 Å². The lowest BCUT2D eigenvalue weighted by atomic mass is 10.2. The van der Waals surface area contributed by atoms with Gasteiger partial charge in [-0.3, -0.25) is 4.98 Å². The highest BCUT2D eigenvalue weighted by Crippen LogP contribution is 2.11. The number of hydrogen-bond acceptors (Lipinski definition) is 3. The minimum Gasteiger partial charge on any atom is -0.359 e. The summed E-state index contributed by atoms with van der Waals surface area (Å²) in [6.07, 6.45) is 8.11. The van der Waals surface area contributed by atoms with Gasteiger partial charge in [0.15, 0.2) is 0 Å². The van der Waals surface area contributed by atoms with E-state index in [1.54, 1.807) is 0 Å². The van der Waals surface area contributed by atoms with Crippen molar-refractivity contribution in [2.24, 2.45) is 0 Å². The van der Waals surface area contributed by atoms with Gasteiger partial charge in [0.25, 0.3) is 0 Å². The van der Waals surface area contributed by atoms with Crippen LogP contribution in [0, 0.1) is 0 Å². The molecule has 0 bridgehead atoms. The zero-order chi connectivity index (χ0) is 13.7. The number of nitrogens with zero attached hydrogens (tertiary/aromatic N) is 3. The van der Waals surface area contributed by atoms with Crippen LogP contribution in [0.2, 0.25) is 0 Å². The van der Waals surface area contributed by atoms with E-state index in [2.05, 4.69) is 40.4 Å². The van der Waals surface area contributed by atoms with Gasteiger partial charge >= 0.3 is 0 Å². The highest BCUT2D eigenvalue weighted by atomic mass is 15.4. The normalized spacial score (nSPS) is 17.3. The summed E-state index contributed by atoms with van der Waals surface area (Å²) in [5.41, 5.74) is 1.06. The van der Waals surface area contributed by atoms with Crippen LogP contribution in [0.25, 0.3) is 10.9 Å². The smallest absolute Gasteiger partial charge is 0.102 e. The molecule has 0 aliphatic carbocycles. The summed E-state index contributed by atoms with van der Waals surface area (Å²) in [6, 6.07) is 12.1. The van der Waals surface area contributed by atoms with Crippen molar-refractivity contribution in [3.05, 3.63) is 67.8 Å². The molecule has 2 heterocycles. The summed E-state index contributed by atoms with van der Waals surface area (Å²) in [4.78, 5) is 8.36. The van der Waals surface area contributed by atoms with Crippen molar-refractivity contribution in [3.63, 3.8) is 0 Å². The van der Waals surface area contributed by atoms with Gasteiger partial charge in [-0.1, -0.05) is 30.8 Å². The van der Waals surface area contributed by atoms with E-state index in [9.17, 15) is 0 Å². The molecular formula is C16H19N3. The first-order valence-electron chi connectivity index (χ1n) is 6.32. The maximum absolute atomic E-state index is 4.18. The number of benzene rings is 1. The number of aromatic nitrogens is 1. The third-order valence-electron chi connectivity index (χ3n) is 3.22. The van der Waals surface area contributed by atoms with Crippen LogP contribution < -0.4 is 0 Å². The van der Waals surface area contributed by atoms with Gasteiger partial charge < -0.3 is 9.80 Å². The van der Waals surface area contributed by atoms with Crippen LogP contribution in [0.15, 0.2) is 67.8 Å². The Kier molecular flexibility index (Phi) is 4.18. The molecule has 1 atom stereocenters. The van der Waals surface area contributed by atoms with Crippen LogP contribution >= 0.6 is 0 Å². The average molecular weight is 253 g/mol. The van der Waals surface area contributed by atoms with E-state index in [0.29, 0.717) is 6.17 Å². The highest BCUT2D eigenvalue weighted by molar-refractivity contribution is 5.77. The largest absolute Gasteiger partial charge is 0.359 e. The molecule has 0 saturated heterocycles. The topological polar surface area (TPSA) is 19.4 Å². The second-order valence-electron chi connectivity index (χ2n) is 4.42. The summed E-state index contributed by atoms with van der Waals surface area (Å²) in [7, 11) is 2.05. The SMILES string of the molecule is C=CN1C=CN(C)C1C.c1ccc2ncccc2c1. The lowest BCUT2D eigenvalue weighted by molar-refractivity contribution is 0.247. The fourth-order valence-corrected chi connectivity index (χ4v) is 1.87. The molecule has 0 radical (unpaired) electrons. The molecule has 1 aliphatic rings. The van der Waals surface area contributed by atoms with E-state index in [-0.39, 0.29) is 0 Å². The van der Waals surface area contributed by atoms with Crippen molar-refractivity contribution < 1.29 is 0 Å². The molecule has 19 heavy (non-hydrogen) atoms. The second kappa shape index (κ2) is 6.05. The van der Waals surface area contributed by atoms with Gasteiger partial charge in [-0.2, -0.15) is 0 Å². The molecule has 0 saturated carbocycles. The first-order valence-corrected chi connectivity index (χ1v) is 6.32. The van der Waals surface area contributed by atoms with E-state index in [1.807, 2.05) is 56.1 Å². The summed E-state index contributed by atoms with van der Waals surface area (Å²) in [5.74, 6) is 0.